The molecule has 0 spiro atoms. The van der Waals surface area contributed by atoms with Gasteiger partial charge in [0.2, 0.25) is 5.91 Å². The minimum atomic E-state index is -0.891. The molecule has 0 atom stereocenters. The van der Waals surface area contributed by atoms with Crippen LogP contribution in [0.1, 0.15) is 26.7 Å². The minimum absolute atomic E-state index is 0.0251. The summed E-state index contributed by atoms with van der Waals surface area (Å²) in [5.41, 5.74) is -0.891. The molecule has 0 unspecified atom stereocenters. The van der Waals surface area contributed by atoms with E-state index < -0.39 is 5.60 Å². The molecular formula is C15H21Cl2NO3. The zero-order chi connectivity index (χ0) is 16.0. The number of hydrogen-bond donors (Lipinski definition) is 1. The van der Waals surface area contributed by atoms with Crippen LogP contribution in [0.15, 0.2) is 18.2 Å². The number of benzene rings is 1. The van der Waals surface area contributed by atoms with Crippen LogP contribution in [0.4, 0.5) is 0 Å². The molecule has 1 aromatic carbocycles. The monoisotopic (exact) mass is 333 g/mol. The van der Waals surface area contributed by atoms with Gasteiger partial charge in [0.1, 0.15) is 5.75 Å². The maximum Gasteiger partial charge on any atom is 0.222 e. The van der Waals surface area contributed by atoms with Gasteiger partial charge in [-0.15, -0.1) is 0 Å². The van der Waals surface area contributed by atoms with E-state index in [4.69, 9.17) is 27.9 Å². The molecule has 0 saturated carbocycles. The molecule has 0 aromatic heterocycles. The zero-order valence-corrected chi connectivity index (χ0v) is 14.0. The van der Waals surface area contributed by atoms with Gasteiger partial charge in [-0.2, -0.15) is 0 Å². The number of nitrogens with zero attached hydrogens (tertiary/aromatic N) is 1. The molecule has 0 aliphatic heterocycles. The third-order valence-corrected chi connectivity index (χ3v) is 3.27. The Morgan fingerprint density at radius 2 is 2.05 bits per heavy atom. The second-order valence-electron chi connectivity index (χ2n) is 5.59. The molecule has 118 valence electrons. The van der Waals surface area contributed by atoms with Gasteiger partial charge in [0.05, 0.1) is 17.2 Å². The van der Waals surface area contributed by atoms with Crippen LogP contribution in [-0.2, 0) is 4.79 Å². The van der Waals surface area contributed by atoms with E-state index in [2.05, 4.69) is 0 Å². The normalized spacial score (nSPS) is 11.3. The van der Waals surface area contributed by atoms with Crippen molar-refractivity contribution in [2.75, 3.05) is 20.2 Å². The molecule has 0 saturated heterocycles. The van der Waals surface area contributed by atoms with E-state index in [-0.39, 0.29) is 5.91 Å². The molecule has 0 aliphatic carbocycles. The zero-order valence-electron chi connectivity index (χ0n) is 12.5. The van der Waals surface area contributed by atoms with Gasteiger partial charge in [0.15, 0.2) is 0 Å². The fourth-order valence-corrected chi connectivity index (χ4v) is 2.32. The highest BCUT2D eigenvalue weighted by Crippen LogP contribution is 2.27. The summed E-state index contributed by atoms with van der Waals surface area (Å²) in [7, 11) is 1.68. The average Bonchev–Trinajstić information content (AvgIpc) is 2.34. The van der Waals surface area contributed by atoms with Crippen LogP contribution >= 0.6 is 23.2 Å². The Morgan fingerprint density at radius 3 is 2.62 bits per heavy atom. The number of amides is 1. The van der Waals surface area contributed by atoms with Crippen molar-refractivity contribution < 1.29 is 14.6 Å². The third-order valence-electron chi connectivity index (χ3n) is 2.74. The molecule has 1 aromatic rings. The lowest BCUT2D eigenvalue weighted by atomic mass is 10.1. The lowest BCUT2D eigenvalue weighted by Crippen LogP contribution is -2.39. The molecule has 0 fully saturated rings. The third kappa shape index (κ3) is 7.02. The maximum atomic E-state index is 11.9. The van der Waals surface area contributed by atoms with Gasteiger partial charge in [0.25, 0.3) is 0 Å². The molecule has 0 aliphatic rings. The first-order valence-corrected chi connectivity index (χ1v) is 7.49. The van der Waals surface area contributed by atoms with Crippen LogP contribution in [0.2, 0.25) is 10.0 Å². The number of hydrogen-bond acceptors (Lipinski definition) is 3. The Morgan fingerprint density at radius 1 is 1.38 bits per heavy atom. The van der Waals surface area contributed by atoms with Crippen LogP contribution in [0.3, 0.4) is 0 Å². The predicted molar refractivity (Wildman–Crippen MR) is 85.1 cm³/mol. The number of carbonyl (C=O) groups is 1. The molecule has 0 radical (unpaired) electrons. The Kier molecular flexibility index (Phi) is 6.78. The Hall–Kier alpha value is -0.970. The SMILES string of the molecule is CN(CC(C)(C)O)C(=O)CCCOc1ccc(Cl)cc1Cl. The lowest BCUT2D eigenvalue weighted by Gasteiger charge is -2.25. The summed E-state index contributed by atoms with van der Waals surface area (Å²) in [5, 5.41) is 10.7. The summed E-state index contributed by atoms with van der Waals surface area (Å²) in [5.74, 6) is 0.529. The van der Waals surface area contributed by atoms with Crippen LogP contribution < -0.4 is 4.74 Å². The van der Waals surface area contributed by atoms with Crippen molar-refractivity contribution in [1.29, 1.82) is 0 Å². The second kappa shape index (κ2) is 7.87. The minimum Gasteiger partial charge on any atom is -0.492 e. The molecule has 0 heterocycles. The molecule has 4 nitrogen and oxygen atoms in total. The van der Waals surface area contributed by atoms with Crippen molar-refractivity contribution in [2.45, 2.75) is 32.3 Å². The van der Waals surface area contributed by atoms with Crippen LogP contribution in [0.5, 0.6) is 5.75 Å². The fourth-order valence-electron chi connectivity index (χ4n) is 1.86. The van der Waals surface area contributed by atoms with Gasteiger partial charge in [-0.1, -0.05) is 23.2 Å². The summed E-state index contributed by atoms with van der Waals surface area (Å²) in [6.07, 6.45) is 0.936. The summed E-state index contributed by atoms with van der Waals surface area (Å²) >= 11 is 11.8. The molecular weight excluding hydrogens is 313 g/mol. The first-order chi connectivity index (χ1) is 9.69. The largest absolute Gasteiger partial charge is 0.492 e. The van der Waals surface area contributed by atoms with Gasteiger partial charge >= 0.3 is 0 Å². The van der Waals surface area contributed by atoms with E-state index in [1.165, 1.54) is 4.90 Å². The number of aliphatic hydroxyl groups is 1. The van der Waals surface area contributed by atoms with Crippen molar-refractivity contribution in [3.63, 3.8) is 0 Å². The quantitative estimate of drug-likeness (QED) is 0.778. The van der Waals surface area contributed by atoms with Crippen LogP contribution in [0, 0.1) is 0 Å². The highest BCUT2D eigenvalue weighted by Gasteiger charge is 2.18. The molecule has 1 amide bonds. The maximum absolute atomic E-state index is 11.9. The second-order valence-corrected chi connectivity index (χ2v) is 6.43. The van der Waals surface area contributed by atoms with Crippen LogP contribution in [0.25, 0.3) is 0 Å². The summed E-state index contributed by atoms with van der Waals surface area (Å²) < 4.78 is 5.51. The van der Waals surface area contributed by atoms with Crippen molar-refractivity contribution in [3.05, 3.63) is 28.2 Å². The van der Waals surface area contributed by atoms with E-state index in [1.54, 1.807) is 39.1 Å². The van der Waals surface area contributed by atoms with Gasteiger partial charge in [0, 0.05) is 25.0 Å². The van der Waals surface area contributed by atoms with Crippen molar-refractivity contribution in [3.8, 4) is 5.75 Å². The molecule has 21 heavy (non-hydrogen) atoms. The van der Waals surface area contributed by atoms with Gasteiger partial charge < -0.3 is 14.7 Å². The molecule has 1 rings (SSSR count). The van der Waals surface area contributed by atoms with Crippen molar-refractivity contribution >= 4 is 29.1 Å². The topological polar surface area (TPSA) is 49.8 Å². The van der Waals surface area contributed by atoms with Crippen molar-refractivity contribution in [1.82, 2.24) is 4.90 Å². The van der Waals surface area contributed by atoms with E-state index in [1.807, 2.05) is 0 Å². The number of carbonyl (C=O) groups excluding carboxylic acids is 1. The number of halogens is 2. The van der Waals surface area contributed by atoms with Gasteiger partial charge in [-0.25, -0.2) is 0 Å². The van der Waals surface area contributed by atoms with Gasteiger partial charge in [-0.05, 0) is 38.5 Å². The van der Waals surface area contributed by atoms with E-state index >= 15 is 0 Å². The van der Waals surface area contributed by atoms with Crippen molar-refractivity contribution in [2.24, 2.45) is 0 Å². The number of rotatable bonds is 7. The highest BCUT2D eigenvalue weighted by atomic mass is 35.5. The Bertz CT molecular complexity index is 486. The van der Waals surface area contributed by atoms with Crippen LogP contribution in [-0.4, -0.2) is 41.7 Å². The van der Waals surface area contributed by atoms with E-state index in [0.717, 1.165) is 0 Å². The summed E-state index contributed by atoms with van der Waals surface area (Å²) in [6, 6.07) is 5.01. The average molecular weight is 334 g/mol. The highest BCUT2D eigenvalue weighted by molar-refractivity contribution is 6.35. The number of likely N-dealkylation sites (N-methyl/N-ethyl adjacent to an activating group) is 1. The first-order valence-electron chi connectivity index (χ1n) is 6.73. The number of ether oxygens (including phenoxy) is 1. The smallest absolute Gasteiger partial charge is 0.222 e. The summed E-state index contributed by atoms with van der Waals surface area (Å²) in [4.78, 5) is 13.4. The lowest BCUT2D eigenvalue weighted by molar-refractivity contribution is -0.132. The molecule has 1 N–H and O–H groups in total. The van der Waals surface area contributed by atoms with Gasteiger partial charge in [-0.3, -0.25) is 4.79 Å². The Labute approximate surface area is 135 Å². The predicted octanol–water partition coefficient (Wildman–Crippen LogP) is 3.38. The first kappa shape index (κ1) is 18.1. The molecule has 0 bridgehead atoms. The summed E-state index contributed by atoms with van der Waals surface area (Å²) in [6.45, 7) is 4.03. The fraction of sp³-hybridized carbons (Fsp3) is 0.533. The Balaban J connectivity index is 2.32. The standard InChI is InChI=1S/C15H21Cl2NO3/c1-15(2,20)10-18(3)14(19)5-4-8-21-13-7-6-11(16)9-12(13)17/h6-7,9,20H,4-5,8,10H2,1-3H3. The van der Waals surface area contributed by atoms with E-state index in [0.29, 0.717) is 41.8 Å². The van der Waals surface area contributed by atoms with E-state index in [9.17, 15) is 9.90 Å². The molecule has 6 heteroatoms.